The molecule has 37 heavy (non-hydrogen) atoms. The Bertz CT molecular complexity index is 1440. The van der Waals surface area contributed by atoms with E-state index in [2.05, 4.69) is 10.5 Å². The van der Waals surface area contributed by atoms with Crippen LogP contribution in [0.5, 0.6) is 17.2 Å². The van der Waals surface area contributed by atoms with Gasteiger partial charge in [-0.3, -0.25) is 9.10 Å². The maximum atomic E-state index is 13.6. The van der Waals surface area contributed by atoms with E-state index >= 15 is 0 Å². The van der Waals surface area contributed by atoms with E-state index in [0.717, 1.165) is 9.87 Å². The summed E-state index contributed by atoms with van der Waals surface area (Å²) in [5.41, 5.74) is 4.67. The number of rotatable bonds is 8. The molecule has 0 saturated carbocycles. The lowest BCUT2D eigenvalue weighted by atomic mass is 10.1. The number of ether oxygens (including phenoxy) is 3. The number of carbonyl (C=O) groups excluding carboxylic acids is 1. The number of hydrogen-bond acceptors (Lipinski definition) is 7. The monoisotopic (exact) mass is 543 g/mol. The van der Waals surface area contributed by atoms with Gasteiger partial charge in [-0.25, -0.2) is 13.8 Å². The van der Waals surface area contributed by atoms with Crippen LogP contribution < -0.4 is 23.9 Å². The Morgan fingerprint density at radius 3 is 2.46 bits per heavy atom. The van der Waals surface area contributed by atoms with Crippen molar-refractivity contribution in [2.45, 2.75) is 18.7 Å². The molecule has 0 aliphatic carbocycles. The number of nitrogens with one attached hydrogen (secondary N) is 1. The van der Waals surface area contributed by atoms with Crippen molar-refractivity contribution < 1.29 is 27.4 Å². The van der Waals surface area contributed by atoms with Gasteiger partial charge >= 0.3 is 0 Å². The Morgan fingerprint density at radius 2 is 1.76 bits per heavy atom. The van der Waals surface area contributed by atoms with Crippen LogP contribution in [0, 0.1) is 6.92 Å². The van der Waals surface area contributed by atoms with Crippen LogP contribution in [0.3, 0.4) is 0 Å². The molecule has 0 radical (unpaired) electrons. The van der Waals surface area contributed by atoms with E-state index in [4.69, 9.17) is 25.8 Å². The maximum Gasteiger partial charge on any atom is 0.264 e. The van der Waals surface area contributed by atoms with Crippen LogP contribution in [-0.4, -0.2) is 46.9 Å². The number of fused-ring (bicyclic) bond motifs is 1. The predicted molar refractivity (Wildman–Crippen MR) is 142 cm³/mol. The number of anilines is 1. The molecular formula is C26H26ClN3O6S. The molecule has 4 rings (SSSR count). The third-order valence-corrected chi connectivity index (χ3v) is 7.62. The molecule has 3 aromatic carbocycles. The van der Waals surface area contributed by atoms with Gasteiger partial charge in [-0.15, -0.1) is 0 Å². The number of halogens is 1. The van der Waals surface area contributed by atoms with E-state index in [1.54, 1.807) is 43.3 Å². The van der Waals surface area contributed by atoms with Crippen LogP contribution in [0.2, 0.25) is 5.02 Å². The number of amides is 1. The average Bonchev–Trinajstić information content (AvgIpc) is 2.90. The summed E-state index contributed by atoms with van der Waals surface area (Å²) < 4.78 is 44.7. The average molecular weight is 544 g/mol. The molecule has 0 atom stereocenters. The van der Waals surface area contributed by atoms with Gasteiger partial charge in [0.15, 0.2) is 11.5 Å². The zero-order valence-corrected chi connectivity index (χ0v) is 22.1. The minimum Gasteiger partial charge on any atom is -0.495 e. The van der Waals surface area contributed by atoms with E-state index in [0.29, 0.717) is 36.0 Å². The van der Waals surface area contributed by atoms with Crippen molar-refractivity contribution in [2.24, 2.45) is 5.10 Å². The quantitative estimate of drug-likeness (QED) is 0.338. The summed E-state index contributed by atoms with van der Waals surface area (Å²) in [5.74, 6) is 0.811. The minimum absolute atomic E-state index is 0.0175. The predicted octanol–water partition coefficient (Wildman–Crippen LogP) is 4.16. The number of hydrazone groups is 1. The van der Waals surface area contributed by atoms with Gasteiger partial charge in [-0.1, -0.05) is 29.3 Å². The van der Waals surface area contributed by atoms with Crippen LogP contribution in [0.1, 0.15) is 18.1 Å². The van der Waals surface area contributed by atoms with E-state index in [9.17, 15) is 13.2 Å². The molecule has 1 N–H and O–H groups in total. The molecule has 1 aliphatic heterocycles. The zero-order chi connectivity index (χ0) is 26.6. The van der Waals surface area contributed by atoms with Crippen molar-refractivity contribution in [3.8, 4) is 17.2 Å². The summed E-state index contributed by atoms with van der Waals surface area (Å²) in [5, 5.41) is 4.44. The molecule has 0 bridgehead atoms. The van der Waals surface area contributed by atoms with E-state index in [1.165, 1.54) is 31.4 Å². The maximum absolute atomic E-state index is 13.6. The Morgan fingerprint density at radius 1 is 1.05 bits per heavy atom. The van der Waals surface area contributed by atoms with Gasteiger partial charge in [0.25, 0.3) is 15.9 Å². The molecule has 3 aromatic rings. The van der Waals surface area contributed by atoms with Gasteiger partial charge < -0.3 is 14.2 Å². The third kappa shape index (κ3) is 5.98. The first-order chi connectivity index (χ1) is 17.7. The van der Waals surface area contributed by atoms with E-state index in [-0.39, 0.29) is 21.4 Å². The normalized spacial score (nSPS) is 13.1. The highest BCUT2D eigenvalue weighted by molar-refractivity contribution is 7.92. The second kappa shape index (κ2) is 11.1. The van der Waals surface area contributed by atoms with Crippen LogP contribution in [0.25, 0.3) is 0 Å². The van der Waals surface area contributed by atoms with Gasteiger partial charge in [-0.05, 0) is 62.4 Å². The number of aryl methyl sites for hydroxylation is 1. The molecule has 1 aliphatic rings. The molecule has 9 nitrogen and oxygen atoms in total. The van der Waals surface area contributed by atoms with Crippen molar-refractivity contribution in [2.75, 3.05) is 31.2 Å². The molecule has 0 saturated heterocycles. The number of methoxy groups -OCH3 is 1. The summed E-state index contributed by atoms with van der Waals surface area (Å²) >= 11 is 6.17. The first-order valence-corrected chi connectivity index (χ1v) is 13.2. The fraction of sp³-hybridized carbons (Fsp3) is 0.231. The molecule has 0 fully saturated rings. The topological polar surface area (TPSA) is 107 Å². The zero-order valence-electron chi connectivity index (χ0n) is 20.5. The summed E-state index contributed by atoms with van der Waals surface area (Å²) in [6.45, 7) is 3.93. The van der Waals surface area contributed by atoms with Crippen molar-refractivity contribution in [3.63, 3.8) is 0 Å². The van der Waals surface area contributed by atoms with Crippen LogP contribution in [-0.2, 0) is 14.8 Å². The second-order valence-electron chi connectivity index (χ2n) is 8.23. The van der Waals surface area contributed by atoms with Gasteiger partial charge in [-0.2, -0.15) is 5.10 Å². The van der Waals surface area contributed by atoms with Crippen LogP contribution in [0.15, 0.2) is 70.7 Å². The Hall–Kier alpha value is -3.76. The second-order valence-corrected chi connectivity index (χ2v) is 10.5. The SMILES string of the molecule is COc1ccc(Cl)cc1N(CC(=O)N/N=C(/C)c1ccc2c(c1)OCCO2)S(=O)(=O)c1ccc(C)cc1. The first-order valence-electron chi connectivity index (χ1n) is 11.3. The fourth-order valence-corrected chi connectivity index (χ4v) is 5.23. The van der Waals surface area contributed by atoms with E-state index in [1.807, 2.05) is 6.92 Å². The highest BCUT2D eigenvalue weighted by Gasteiger charge is 2.30. The molecule has 0 unspecified atom stereocenters. The Balaban J connectivity index is 1.62. The number of benzene rings is 3. The van der Waals surface area contributed by atoms with Crippen molar-refractivity contribution in [3.05, 3.63) is 76.8 Å². The Kier molecular flexibility index (Phi) is 7.89. The van der Waals surface area contributed by atoms with Gasteiger partial charge in [0.2, 0.25) is 0 Å². The fourth-order valence-electron chi connectivity index (χ4n) is 3.64. The molecule has 1 amide bonds. The molecule has 11 heteroatoms. The molecule has 0 spiro atoms. The summed E-state index contributed by atoms with van der Waals surface area (Å²) in [6.07, 6.45) is 0. The summed E-state index contributed by atoms with van der Waals surface area (Å²) in [6, 6.07) is 16.2. The Labute approximate surface area is 220 Å². The number of nitrogens with zero attached hydrogens (tertiary/aromatic N) is 2. The van der Waals surface area contributed by atoms with Crippen LogP contribution >= 0.6 is 11.6 Å². The van der Waals surface area contributed by atoms with Gasteiger partial charge in [0.05, 0.1) is 23.4 Å². The molecule has 0 aromatic heterocycles. The van der Waals surface area contributed by atoms with E-state index < -0.39 is 22.5 Å². The molecule has 1 heterocycles. The molecular weight excluding hydrogens is 518 g/mol. The highest BCUT2D eigenvalue weighted by atomic mass is 35.5. The summed E-state index contributed by atoms with van der Waals surface area (Å²) in [4.78, 5) is 13.0. The minimum atomic E-state index is -4.16. The van der Waals surface area contributed by atoms with Crippen molar-refractivity contribution >= 4 is 38.9 Å². The summed E-state index contributed by atoms with van der Waals surface area (Å²) in [7, 11) is -2.75. The van der Waals surface area contributed by atoms with Crippen molar-refractivity contribution in [1.82, 2.24) is 5.43 Å². The lowest BCUT2D eigenvalue weighted by Gasteiger charge is -2.25. The number of sulfonamides is 1. The largest absolute Gasteiger partial charge is 0.495 e. The highest BCUT2D eigenvalue weighted by Crippen LogP contribution is 2.35. The van der Waals surface area contributed by atoms with Crippen LogP contribution in [0.4, 0.5) is 5.69 Å². The standard InChI is InChI=1S/C26H26ClN3O6S/c1-17-4-8-21(9-5-17)37(32,33)30(22-15-20(27)7-11-23(22)34-3)16-26(31)29-28-18(2)19-6-10-24-25(14-19)36-13-12-35-24/h4-11,14-15H,12-13,16H2,1-3H3,(H,29,31)/b28-18-. The smallest absolute Gasteiger partial charge is 0.264 e. The lowest BCUT2D eigenvalue weighted by molar-refractivity contribution is -0.119. The molecule has 194 valence electrons. The first kappa shape index (κ1) is 26.3. The number of hydrogen-bond donors (Lipinski definition) is 1. The third-order valence-electron chi connectivity index (χ3n) is 5.61. The number of carbonyl (C=O) groups is 1. The van der Waals surface area contributed by atoms with Gasteiger partial charge in [0.1, 0.15) is 25.5 Å². The lowest BCUT2D eigenvalue weighted by Crippen LogP contribution is -2.40. The van der Waals surface area contributed by atoms with Gasteiger partial charge in [0, 0.05) is 10.6 Å². The van der Waals surface area contributed by atoms with Crippen molar-refractivity contribution in [1.29, 1.82) is 0 Å².